The second-order valence-corrected chi connectivity index (χ2v) is 8.03. The summed E-state index contributed by atoms with van der Waals surface area (Å²) in [6.07, 6.45) is 1.69. The van der Waals surface area contributed by atoms with Crippen LogP contribution >= 0.6 is 24.0 Å². The van der Waals surface area contributed by atoms with Crippen LogP contribution in [-0.2, 0) is 14.8 Å². The maximum atomic E-state index is 12.6. The molecular weight excluding hydrogens is 393 g/mol. The first-order valence-electron chi connectivity index (χ1n) is 7.39. The molecule has 25 heavy (non-hydrogen) atoms. The van der Waals surface area contributed by atoms with E-state index >= 15 is 0 Å². The maximum absolute atomic E-state index is 12.6. The maximum Gasteiger partial charge on any atom is 0.289 e. The van der Waals surface area contributed by atoms with E-state index in [1.165, 1.54) is 12.1 Å². The molecule has 1 heterocycles. The highest BCUT2D eigenvalue weighted by Crippen LogP contribution is 2.32. The van der Waals surface area contributed by atoms with E-state index in [0.717, 1.165) is 19.4 Å². The largest absolute Gasteiger partial charge is 0.383 e. The van der Waals surface area contributed by atoms with E-state index < -0.39 is 31.2 Å². The van der Waals surface area contributed by atoms with Gasteiger partial charge in [-0.3, -0.25) is 10.1 Å². The minimum absolute atomic E-state index is 0. The molecule has 11 heteroatoms. The molecule has 0 radical (unpaired) electrons. The van der Waals surface area contributed by atoms with Gasteiger partial charge in [-0.2, -0.15) is 0 Å². The number of hydrogen-bond acceptors (Lipinski definition) is 6. The highest BCUT2D eigenvalue weighted by atomic mass is 35.5. The van der Waals surface area contributed by atoms with Crippen molar-refractivity contribution in [2.24, 2.45) is 0 Å². The normalized spacial score (nSPS) is 20.3. The van der Waals surface area contributed by atoms with Crippen LogP contribution < -0.4 is 10.0 Å². The number of nitro groups is 1. The lowest BCUT2D eigenvalue weighted by Gasteiger charge is -2.28. The Bertz CT molecular complexity index is 736. The Balaban J connectivity index is 0.00000312. The fourth-order valence-electron chi connectivity index (χ4n) is 2.83. The third-order valence-corrected chi connectivity index (χ3v) is 5.94. The van der Waals surface area contributed by atoms with Crippen molar-refractivity contribution in [3.8, 4) is 0 Å². The molecule has 1 fully saturated rings. The van der Waals surface area contributed by atoms with Crippen LogP contribution in [0, 0.1) is 17.0 Å². The van der Waals surface area contributed by atoms with Gasteiger partial charge >= 0.3 is 0 Å². The van der Waals surface area contributed by atoms with Gasteiger partial charge < -0.3 is 10.1 Å². The summed E-state index contributed by atoms with van der Waals surface area (Å²) in [6.45, 7) is 2.83. The first-order valence-corrected chi connectivity index (χ1v) is 9.25. The minimum Gasteiger partial charge on any atom is -0.383 e. The lowest BCUT2D eigenvalue weighted by molar-refractivity contribution is -0.385. The first kappa shape index (κ1) is 22.1. The number of sulfonamides is 1. The van der Waals surface area contributed by atoms with Gasteiger partial charge in [0, 0.05) is 19.7 Å². The molecule has 1 atom stereocenters. The number of nitro benzene ring substituents is 1. The number of benzene rings is 1. The zero-order valence-corrected chi connectivity index (χ0v) is 16.3. The summed E-state index contributed by atoms with van der Waals surface area (Å²) in [7, 11) is -2.44. The van der Waals surface area contributed by atoms with Gasteiger partial charge in [0.05, 0.1) is 17.1 Å². The van der Waals surface area contributed by atoms with Gasteiger partial charge in [-0.15, -0.1) is 12.4 Å². The van der Waals surface area contributed by atoms with Crippen molar-refractivity contribution in [1.29, 1.82) is 0 Å². The van der Waals surface area contributed by atoms with Crippen LogP contribution in [-0.4, -0.2) is 45.7 Å². The SMILES string of the molecule is COCC1(CNS(=O)(=O)c2cc(C)cc([N+](=O)[O-])c2Cl)CCCN1.Cl. The average molecular weight is 414 g/mol. The van der Waals surface area contributed by atoms with Gasteiger partial charge in [-0.1, -0.05) is 11.6 Å². The van der Waals surface area contributed by atoms with Gasteiger partial charge in [0.1, 0.15) is 9.92 Å². The molecule has 1 aromatic rings. The average Bonchev–Trinajstić information content (AvgIpc) is 2.96. The number of rotatable bonds is 7. The van der Waals surface area contributed by atoms with Gasteiger partial charge in [-0.25, -0.2) is 13.1 Å². The lowest BCUT2D eigenvalue weighted by Crippen LogP contribution is -2.52. The molecule has 0 aliphatic carbocycles. The van der Waals surface area contributed by atoms with Crippen LogP contribution in [0.25, 0.3) is 0 Å². The van der Waals surface area contributed by atoms with Gasteiger partial charge in [-0.05, 0) is 37.9 Å². The molecule has 1 unspecified atom stereocenters. The smallest absolute Gasteiger partial charge is 0.289 e. The van der Waals surface area contributed by atoms with Gasteiger partial charge in [0.15, 0.2) is 0 Å². The van der Waals surface area contributed by atoms with Crippen LogP contribution in [0.15, 0.2) is 17.0 Å². The molecule has 8 nitrogen and oxygen atoms in total. The number of nitrogens with one attached hydrogen (secondary N) is 2. The Kier molecular flexibility index (Phi) is 7.60. The van der Waals surface area contributed by atoms with E-state index in [1.807, 2.05) is 0 Å². The van der Waals surface area contributed by atoms with Gasteiger partial charge in [0.2, 0.25) is 10.0 Å². The van der Waals surface area contributed by atoms with E-state index in [2.05, 4.69) is 10.0 Å². The zero-order chi connectivity index (χ0) is 18.0. The minimum atomic E-state index is -4.00. The van der Waals surface area contributed by atoms with Crippen molar-refractivity contribution in [1.82, 2.24) is 10.0 Å². The van der Waals surface area contributed by atoms with E-state index in [-0.39, 0.29) is 23.8 Å². The molecule has 1 saturated heterocycles. The van der Waals surface area contributed by atoms with Crippen LogP contribution in [0.3, 0.4) is 0 Å². The summed E-state index contributed by atoms with van der Waals surface area (Å²) >= 11 is 5.95. The van der Waals surface area contributed by atoms with Crippen LogP contribution in [0.5, 0.6) is 0 Å². The molecule has 1 aliphatic heterocycles. The predicted molar refractivity (Wildman–Crippen MR) is 97.1 cm³/mol. The fraction of sp³-hybridized carbons (Fsp3) is 0.571. The Hall–Kier alpha value is -0.970. The Morgan fingerprint density at radius 3 is 2.68 bits per heavy atom. The van der Waals surface area contributed by atoms with Crippen molar-refractivity contribution in [2.45, 2.75) is 30.2 Å². The molecule has 0 spiro atoms. The quantitative estimate of drug-likeness (QED) is 0.522. The standard InChI is InChI=1S/C14H20ClN3O5S.ClH/c1-10-6-11(18(19)20)13(15)12(7-10)24(21,22)17-8-14(9-23-2)4-3-5-16-14;/h6-7,16-17H,3-5,8-9H2,1-2H3;1H. The first-order chi connectivity index (χ1) is 11.2. The van der Waals surface area contributed by atoms with Crippen molar-refractivity contribution >= 4 is 39.7 Å². The van der Waals surface area contributed by atoms with Gasteiger partial charge in [0.25, 0.3) is 5.69 Å². The fourth-order valence-corrected chi connectivity index (χ4v) is 4.61. The third kappa shape index (κ3) is 5.02. The third-order valence-electron chi connectivity index (χ3n) is 4.00. The topological polar surface area (TPSA) is 111 Å². The van der Waals surface area contributed by atoms with E-state index in [4.69, 9.17) is 16.3 Å². The second-order valence-electron chi connectivity index (χ2n) is 5.92. The number of ether oxygens (including phenoxy) is 1. The molecule has 0 saturated carbocycles. The summed E-state index contributed by atoms with van der Waals surface area (Å²) in [4.78, 5) is 10.1. The van der Waals surface area contributed by atoms with E-state index in [9.17, 15) is 18.5 Å². The molecule has 0 bridgehead atoms. The number of hydrogen-bond donors (Lipinski definition) is 2. The molecule has 1 aliphatic rings. The molecule has 0 aromatic heterocycles. The highest BCUT2D eigenvalue weighted by Gasteiger charge is 2.35. The monoisotopic (exact) mass is 413 g/mol. The Morgan fingerprint density at radius 1 is 1.48 bits per heavy atom. The molecule has 2 N–H and O–H groups in total. The molecule has 2 rings (SSSR count). The predicted octanol–water partition coefficient (Wildman–Crippen LogP) is 2.03. The lowest BCUT2D eigenvalue weighted by atomic mass is 9.99. The Labute approximate surface area is 157 Å². The van der Waals surface area contributed by atoms with Crippen molar-refractivity contribution in [2.75, 3.05) is 26.8 Å². The summed E-state index contributed by atoms with van der Waals surface area (Å²) in [6, 6.07) is 2.56. The molecule has 1 aromatic carbocycles. The number of nitrogens with zero attached hydrogens (tertiary/aromatic N) is 1. The van der Waals surface area contributed by atoms with E-state index in [0.29, 0.717) is 12.2 Å². The zero-order valence-electron chi connectivity index (χ0n) is 13.9. The van der Waals surface area contributed by atoms with Crippen LogP contribution in [0.2, 0.25) is 5.02 Å². The number of methoxy groups -OCH3 is 1. The number of aryl methyl sites for hydroxylation is 1. The molecular formula is C14H21Cl2N3O5S. The molecule has 0 amide bonds. The van der Waals surface area contributed by atoms with Crippen molar-refractivity contribution in [3.63, 3.8) is 0 Å². The Morgan fingerprint density at radius 2 is 2.16 bits per heavy atom. The summed E-state index contributed by atoms with van der Waals surface area (Å²) in [5.74, 6) is 0. The summed E-state index contributed by atoms with van der Waals surface area (Å²) < 4.78 is 32.9. The number of halogens is 2. The van der Waals surface area contributed by atoms with E-state index in [1.54, 1.807) is 14.0 Å². The molecule has 142 valence electrons. The summed E-state index contributed by atoms with van der Waals surface area (Å²) in [5, 5.41) is 13.9. The highest BCUT2D eigenvalue weighted by molar-refractivity contribution is 7.89. The van der Waals surface area contributed by atoms with Crippen LogP contribution in [0.1, 0.15) is 18.4 Å². The summed E-state index contributed by atoms with van der Waals surface area (Å²) in [5.41, 5.74) is -0.468. The van der Waals surface area contributed by atoms with Crippen LogP contribution in [0.4, 0.5) is 5.69 Å². The van der Waals surface area contributed by atoms with Crippen molar-refractivity contribution < 1.29 is 18.1 Å². The second kappa shape index (κ2) is 8.61. The van der Waals surface area contributed by atoms with Crippen molar-refractivity contribution in [3.05, 3.63) is 32.8 Å².